The van der Waals surface area contributed by atoms with Crippen molar-refractivity contribution in [1.82, 2.24) is 19.9 Å². The minimum Gasteiger partial charge on any atom is -0.497 e. The number of hydrogen-bond donors (Lipinski definition) is 1. The molecule has 1 aliphatic rings. The number of rotatable bonds is 6. The van der Waals surface area contributed by atoms with E-state index >= 15 is 0 Å². The molecule has 2 unspecified atom stereocenters. The predicted octanol–water partition coefficient (Wildman–Crippen LogP) is 4.46. The van der Waals surface area contributed by atoms with E-state index in [1.165, 1.54) is 0 Å². The van der Waals surface area contributed by atoms with Crippen molar-refractivity contribution in [1.29, 1.82) is 0 Å². The summed E-state index contributed by atoms with van der Waals surface area (Å²) in [4.78, 5) is 10.9. The Labute approximate surface area is 197 Å². The maximum atomic E-state index is 5.87. The number of hydrogen-bond acceptors (Lipinski definition) is 5. The highest BCUT2D eigenvalue weighted by atomic mass is 32.1. The van der Waals surface area contributed by atoms with Gasteiger partial charge >= 0.3 is 0 Å². The van der Waals surface area contributed by atoms with Crippen molar-refractivity contribution >= 4 is 23.0 Å². The van der Waals surface area contributed by atoms with Crippen molar-refractivity contribution in [2.45, 2.75) is 12.1 Å². The van der Waals surface area contributed by atoms with Crippen LogP contribution in [0.25, 0.3) is 5.69 Å². The van der Waals surface area contributed by atoms with Crippen molar-refractivity contribution in [3.8, 4) is 17.2 Å². The summed E-state index contributed by atoms with van der Waals surface area (Å²) in [6.07, 6.45) is 7.42. The fourth-order valence-electron chi connectivity index (χ4n) is 4.27. The molecule has 0 bridgehead atoms. The summed E-state index contributed by atoms with van der Waals surface area (Å²) in [5, 5.41) is 4.09. The summed E-state index contributed by atoms with van der Waals surface area (Å²) in [6, 6.07) is 19.4. The molecular formula is C25H23N5O2S. The zero-order chi connectivity index (χ0) is 22.8. The molecule has 4 aromatic rings. The van der Waals surface area contributed by atoms with Gasteiger partial charge < -0.3 is 24.3 Å². The minimum absolute atomic E-state index is 0.176. The van der Waals surface area contributed by atoms with Gasteiger partial charge in [0.05, 0.1) is 31.6 Å². The average molecular weight is 458 g/mol. The van der Waals surface area contributed by atoms with Crippen LogP contribution in [0.3, 0.4) is 0 Å². The standard InChI is InChI=1S/C25H23N5O2S/c1-31-18-8-9-22(32-2)21(16-18)30-24(23(28-25(30)33)19-6-3-4-12-27-19)20-7-5-15-29(20)17-10-13-26-14-11-17/h3-16,23-24H,1-2H3,(H,28,33). The van der Waals surface area contributed by atoms with E-state index in [0.29, 0.717) is 10.9 Å². The van der Waals surface area contributed by atoms with E-state index in [-0.39, 0.29) is 12.1 Å². The van der Waals surface area contributed by atoms with Crippen LogP contribution in [-0.2, 0) is 0 Å². The number of thiocarbonyl (C=S) groups is 1. The van der Waals surface area contributed by atoms with Crippen molar-refractivity contribution in [2.75, 3.05) is 19.1 Å². The molecule has 4 heterocycles. The van der Waals surface area contributed by atoms with E-state index in [0.717, 1.165) is 28.5 Å². The van der Waals surface area contributed by atoms with Crippen LogP contribution in [0.2, 0.25) is 0 Å². The van der Waals surface area contributed by atoms with E-state index in [2.05, 4.69) is 30.8 Å². The Hall–Kier alpha value is -3.91. The first kappa shape index (κ1) is 21.0. The summed E-state index contributed by atoms with van der Waals surface area (Å²) in [5.74, 6) is 1.42. The van der Waals surface area contributed by atoms with Crippen molar-refractivity contribution in [2.24, 2.45) is 0 Å². The number of ether oxygens (including phenoxy) is 2. The van der Waals surface area contributed by atoms with Gasteiger partial charge in [-0.2, -0.15) is 0 Å². The fraction of sp³-hybridized carbons (Fsp3) is 0.160. The Kier molecular flexibility index (Phi) is 5.66. The molecule has 166 valence electrons. The maximum absolute atomic E-state index is 5.87. The van der Waals surface area contributed by atoms with Gasteiger partial charge in [-0.25, -0.2) is 0 Å². The molecule has 8 heteroatoms. The van der Waals surface area contributed by atoms with Crippen LogP contribution in [-0.4, -0.2) is 33.9 Å². The highest BCUT2D eigenvalue weighted by Gasteiger charge is 2.43. The van der Waals surface area contributed by atoms with Gasteiger partial charge in [0.15, 0.2) is 5.11 Å². The lowest BCUT2D eigenvalue weighted by molar-refractivity contribution is 0.402. The predicted molar refractivity (Wildman–Crippen MR) is 131 cm³/mol. The van der Waals surface area contributed by atoms with Crippen molar-refractivity contribution < 1.29 is 9.47 Å². The molecule has 3 aromatic heterocycles. The highest BCUT2D eigenvalue weighted by Crippen LogP contribution is 2.45. The Morgan fingerprint density at radius 1 is 0.939 bits per heavy atom. The first-order valence-corrected chi connectivity index (χ1v) is 10.9. The molecule has 1 fully saturated rings. The van der Waals surface area contributed by atoms with Gasteiger partial charge in [-0.05, 0) is 60.7 Å². The second-order valence-electron chi connectivity index (χ2n) is 7.54. The van der Waals surface area contributed by atoms with E-state index in [4.69, 9.17) is 21.7 Å². The van der Waals surface area contributed by atoms with Gasteiger partial charge in [0, 0.05) is 42.2 Å². The second-order valence-corrected chi connectivity index (χ2v) is 7.93. The van der Waals surface area contributed by atoms with Crippen LogP contribution in [0.5, 0.6) is 11.5 Å². The monoisotopic (exact) mass is 457 g/mol. The third-order valence-electron chi connectivity index (χ3n) is 5.77. The number of nitrogens with one attached hydrogen (secondary N) is 1. The molecule has 0 saturated carbocycles. The first-order chi connectivity index (χ1) is 16.2. The van der Waals surface area contributed by atoms with E-state index in [9.17, 15) is 0 Å². The molecule has 1 N–H and O–H groups in total. The molecule has 0 aliphatic carbocycles. The topological polar surface area (TPSA) is 64.4 Å². The zero-order valence-electron chi connectivity index (χ0n) is 18.3. The quantitative estimate of drug-likeness (QED) is 0.429. The fourth-order valence-corrected chi connectivity index (χ4v) is 4.61. The van der Waals surface area contributed by atoms with Crippen LogP contribution in [0.4, 0.5) is 5.69 Å². The average Bonchev–Trinajstić information content (AvgIpc) is 3.49. The third-order valence-corrected chi connectivity index (χ3v) is 6.08. The van der Waals surface area contributed by atoms with Gasteiger partial charge in [-0.1, -0.05) is 6.07 Å². The molecule has 33 heavy (non-hydrogen) atoms. The third kappa shape index (κ3) is 3.78. The van der Waals surface area contributed by atoms with Crippen LogP contribution < -0.4 is 19.7 Å². The van der Waals surface area contributed by atoms with E-state index < -0.39 is 0 Å². The Morgan fingerprint density at radius 3 is 2.52 bits per heavy atom. The van der Waals surface area contributed by atoms with Crippen LogP contribution in [0, 0.1) is 0 Å². The lowest BCUT2D eigenvalue weighted by atomic mass is 10.0. The lowest BCUT2D eigenvalue weighted by Gasteiger charge is -2.30. The molecule has 0 amide bonds. The summed E-state index contributed by atoms with van der Waals surface area (Å²) >= 11 is 5.87. The van der Waals surface area contributed by atoms with Gasteiger partial charge in [0.2, 0.25) is 0 Å². The van der Waals surface area contributed by atoms with Gasteiger partial charge in [0.25, 0.3) is 0 Å². The molecule has 1 aromatic carbocycles. The summed E-state index contributed by atoms with van der Waals surface area (Å²) in [7, 11) is 3.30. The molecule has 1 aliphatic heterocycles. The van der Waals surface area contributed by atoms with Gasteiger partial charge in [-0.3, -0.25) is 9.97 Å². The summed E-state index contributed by atoms with van der Waals surface area (Å²) < 4.78 is 13.4. The molecular weight excluding hydrogens is 434 g/mol. The normalized spacial score (nSPS) is 17.6. The molecule has 0 spiro atoms. The largest absolute Gasteiger partial charge is 0.497 e. The van der Waals surface area contributed by atoms with E-state index in [1.807, 2.05) is 60.8 Å². The number of anilines is 1. The van der Waals surface area contributed by atoms with Crippen molar-refractivity contribution in [3.63, 3.8) is 0 Å². The molecule has 2 atom stereocenters. The Morgan fingerprint density at radius 2 is 1.79 bits per heavy atom. The molecule has 7 nitrogen and oxygen atoms in total. The molecule has 5 rings (SSSR count). The molecule has 0 radical (unpaired) electrons. The van der Waals surface area contributed by atoms with Crippen molar-refractivity contribution in [3.05, 3.63) is 96.8 Å². The zero-order valence-corrected chi connectivity index (χ0v) is 19.1. The van der Waals surface area contributed by atoms with Crippen LogP contribution in [0.1, 0.15) is 23.5 Å². The summed E-state index contributed by atoms with van der Waals surface area (Å²) in [5.41, 5.74) is 3.78. The molecule has 1 saturated heterocycles. The number of aromatic nitrogens is 3. The number of methoxy groups -OCH3 is 2. The van der Waals surface area contributed by atoms with Crippen LogP contribution in [0.15, 0.2) is 85.5 Å². The first-order valence-electron chi connectivity index (χ1n) is 10.5. The number of nitrogens with zero attached hydrogens (tertiary/aromatic N) is 4. The van der Waals surface area contributed by atoms with E-state index in [1.54, 1.807) is 32.8 Å². The Balaban J connectivity index is 1.70. The van der Waals surface area contributed by atoms with Crippen LogP contribution >= 0.6 is 12.2 Å². The number of pyridine rings is 2. The summed E-state index contributed by atoms with van der Waals surface area (Å²) in [6.45, 7) is 0. The highest BCUT2D eigenvalue weighted by molar-refractivity contribution is 7.80. The number of benzene rings is 1. The lowest BCUT2D eigenvalue weighted by Crippen LogP contribution is -2.30. The Bertz CT molecular complexity index is 1260. The maximum Gasteiger partial charge on any atom is 0.174 e. The second kappa shape index (κ2) is 8.91. The van der Waals surface area contributed by atoms with Gasteiger partial charge in [0.1, 0.15) is 17.5 Å². The SMILES string of the molecule is COc1ccc(OC)c(N2C(=S)NC(c3ccccn3)C2c2cccn2-c2ccncc2)c1. The smallest absolute Gasteiger partial charge is 0.174 e. The minimum atomic E-state index is -0.198. The van der Waals surface area contributed by atoms with Gasteiger partial charge in [-0.15, -0.1) is 0 Å².